The first kappa shape index (κ1) is 11.8. The molecule has 1 aromatic carbocycles. The quantitative estimate of drug-likeness (QED) is 0.491. The molecule has 0 aliphatic heterocycles. The number of halogens is 1. The van der Waals surface area contributed by atoms with Crippen LogP contribution in [0.1, 0.15) is 5.56 Å². The van der Waals surface area contributed by atoms with Crippen LogP contribution in [-0.4, -0.2) is 12.4 Å². The van der Waals surface area contributed by atoms with Gasteiger partial charge in [0.15, 0.2) is 0 Å². The zero-order valence-electron chi connectivity index (χ0n) is 7.82. The molecular formula is C11H13BrOS. The van der Waals surface area contributed by atoms with Crippen molar-refractivity contribution in [2.24, 2.45) is 0 Å². The van der Waals surface area contributed by atoms with E-state index in [4.69, 9.17) is 4.74 Å². The molecule has 0 aliphatic carbocycles. The smallest absolute Gasteiger partial charge is 0.0721 e. The zero-order chi connectivity index (χ0) is 10.2. The summed E-state index contributed by atoms with van der Waals surface area (Å²) in [4.78, 5) is 0. The van der Waals surface area contributed by atoms with Crippen LogP contribution in [0.4, 0.5) is 0 Å². The van der Waals surface area contributed by atoms with Crippen molar-refractivity contribution >= 4 is 28.6 Å². The van der Waals surface area contributed by atoms with E-state index in [9.17, 15) is 0 Å². The van der Waals surface area contributed by atoms with Crippen molar-refractivity contribution in [3.63, 3.8) is 0 Å². The molecule has 1 rings (SSSR count). The van der Waals surface area contributed by atoms with Gasteiger partial charge in [-0.25, -0.2) is 0 Å². The molecule has 0 heterocycles. The van der Waals surface area contributed by atoms with Crippen LogP contribution in [0, 0.1) is 0 Å². The highest BCUT2D eigenvalue weighted by Gasteiger charge is 1.92. The van der Waals surface area contributed by atoms with Gasteiger partial charge < -0.3 is 4.74 Å². The van der Waals surface area contributed by atoms with E-state index < -0.39 is 0 Å². The molecule has 0 aliphatic rings. The minimum absolute atomic E-state index is 0.646. The summed E-state index contributed by atoms with van der Waals surface area (Å²) in [7, 11) is 0. The Bertz CT molecular complexity index is 299. The van der Waals surface area contributed by atoms with Crippen LogP contribution in [0.2, 0.25) is 0 Å². The van der Waals surface area contributed by atoms with Crippen molar-refractivity contribution in [2.45, 2.75) is 6.61 Å². The molecule has 0 bridgehead atoms. The largest absolute Gasteiger partial charge is 0.373 e. The lowest BCUT2D eigenvalue weighted by molar-refractivity contribution is 0.148. The molecule has 0 saturated carbocycles. The Morgan fingerprint density at radius 2 is 2.21 bits per heavy atom. The van der Waals surface area contributed by atoms with Crippen molar-refractivity contribution in [3.05, 3.63) is 46.5 Å². The molecule has 0 atom stereocenters. The lowest BCUT2D eigenvalue weighted by atomic mass is 10.2. The number of hydrogen-bond acceptors (Lipinski definition) is 2. The number of benzene rings is 1. The van der Waals surface area contributed by atoms with E-state index in [1.807, 2.05) is 30.4 Å². The molecular weight excluding hydrogens is 260 g/mol. The highest BCUT2D eigenvalue weighted by atomic mass is 79.9. The fraction of sp³-hybridized carbons (Fsp3) is 0.273. The molecule has 0 spiro atoms. The second kappa shape index (κ2) is 7.10. The Kier molecular flexibility index (Phi) is 5.99. The van der Waals surface area contributed by atoms with E-state index in [1.54, 1.807) is 0 Å². The lowest BCUT2D eigenvalue weighted by Gasteiger charge is -2.01. The topological polar surface area (TPSA) is 9.23 Å². The highest BCUT2D eigenvalue weighted by molar-refractivity contribution is 9.10. The number of ether oxygens (including phenoxy) is 1. The summed E-state index contributed by atoms with van der Waals surface area (Å²) in [6.07, 6.45) is 3.95. The van der Waals surface area contributed by atoms with Crippen molar-refractivity contribution in [3.8, 4) is 0 Å². The molecule has 0 aromatic heterocycles. The third-order valence-corrected chi connectivity index (χ3v) is 2.35. The van der Waals surface area contributed by atoms with Gasteiger partial charge in [0.25, 0.3) is 0 Å². The van der Waals surface area contributed by atoms with Crippen LogP contribution < -0.4 is 0 Å². The summed E-state index contributed by atoms with van der Waals surface area (Å²) in [5, 5.41) is 0. The van der Waals surface area contributed by atoms with Gasteiger partial charge in [0.1, 0.15) is 0 Å². The predicted octanol–water partition coefficient (Wildman–Crippen LogP) is 3.45. The van der Waals surface area contributed by atoms with Gasteiger partial charge in [0, 0.05) is 10.2 Å². The number of rotatable bonds is 5. The minimum Gasteiger partial charge on any atom is -0.373 e. The fourth-order valence-corrected chi connectivity index (χ4v) is 1.61. The molecule has 0 N–H and O–H groups in total. The van der Waals surface area contributed by atoms with Gasteiger partial charge in [0.2, 0.25) is 0 Å². The molecule has 0 unspecified atom stereocenters. The van der Waals surface area contributed by atoms with Crippen LogP contribution in [0.5, 0.6) is 0 Å². The molecule has 0 saturated heterocycles. The summed E-state index contributed by atoms with van der Waals surface area (Å²) in [5.41, 5.74) is 1.18. The van der Waals surface area contributed by atoms with E-state index in [-0.39, 0.29) is 0 Å². The van der Waals surface area contributed by atoms with Gasteiger partial charge in [-0.15, -0.1) is 0 Å². The standard InChI is InChI=1S/C11H13BrOS/c12-11-5-3-4-10(8-11)9-13-6-1-2-7-14/h1-5,8,14H,6-7,9H2/b2-1+. The number of hydrogen-bond donors (Lipinski definition) is 1. The maximum atomic E-state index is 5.44. The van der Waals surface area contributed by atoms with Gasteiger partial charge >= 0.3 is 0 Å². The Labute approximate surface area is 98.7 Å². The summed E-state index contributed by atoms with van der Waals surface area (Å²) in [5.74, 6) is 0.764. The van der Waals surface area contributed by atoms with E-state index in [0.29, 0.717) is 13.2 Å². The summed E-state index contributed by atoms with van der Waals surface area (Å²) < 4.78 is 6.52. The van der Waals surface area contributed by atoms with Gasteiger partial charge in [-0.3, -0.25) is 0 Å². The molecule has 76 valence electrons. The van der Waals surface area contributed by atoms with E-state index in [0.717, 1.165) is 10.2 Å². The molecule has 0 radical (unpaired) electrons. The molecule has 14 heavy (non-hydrogen) atoms. The Balaban J connectivity index is 2.28. The number of thiol groups is 1. The highest BCUT2D eigenvalue weighted by Crippen LogP contribution is 2.12. The monoisotopic (exact) mass is 272 g/mol. The maximum Gasteiger partial charge on any atom is 0.0721 e. The SMILES string of the molecule is SC/C=C/COCc1cccc(Br)c1. The van der Waals surface area contributed by atoms with Crippen LogP contribution in [0.15, 0.2) is 40.9 Å². The van der Waals surface area contributed by atoms with Crippen LogP contribution in [-0.2, 0) is 11.3 Å². The van der Waals surface area contributed by atoms with Crippen LogP contribution in [0.25, 0.3) is 0 Å². The first-order chi connectivity index (χ1) is 6.83. The van der Waals surface area contributed by atoms with Crippen molar-refractivity contribution < 1.29 is 4.74 Å². The first-order valence-electron chi connectivity index (χ1n) is 4.41. The van der Waals surface area contributed by atoms with E-state index in [2.05, 4.69) is 34.6 Å². The molecule has 0 amide bonds. The Morgan fingerprint density at radius 1 is 1.36 bits per heavy atom. The molecule has 1 nitrogen and oxygen atoms in total. The third kappa shape index (κ3) is 4.84. The second-order valence-corrected chi connectivity index (χ2v) is 4.08. The zero-order valence-corrected chi connectivity index (χ0v) is 10.3. The average molecular weight is 273 g/mol. The molecule has 0 fully saturated rings. The minimum atomic E-state index is 0.646. The van der Waals surface area contributed by atoms with E-state index in [1.165, 1.54) is 5.56 Å². The summed E-state index contributed by atoms with van der Waals surface area (Å²) >= 11 is 7.47. The van der Waals surface area contributed by atoms with Gasteiger partial charge in [-0.2, -0.15) is 12.6 Å². The Hall–Kier alpha value is -0.250. The summed E-state index contributed by atoms with van der Waals surface area (Å²) in [6, 6.07) is 8.12. The van der Waals surface area contributed by atoms with Gasteiger partial charge in [-0.05, 0) is 17.7 Å². The molecule has 1 aromatic rings. The van der Waals surface area contributed by atoms with Crippen molar-refractivity contribution in [2.75, 3.05) is 12.4 Å². The second-order valence-electron chi connectivity index (χ2n) is 2.80. The third-order valence-electron chi connectivity index (χ3n) is 1.64. The Morgan fingerprint density at radius 3 is 2.93 bits per heavy atom. The van der Waals surface area contributed by atoms with Crippen LogP contribution >= 0.6 is 28.6 Å². The van der Waals surface area contributed by atoms with Crippen LogP contribution in [0.3, 0.4) is 0 Å². The van der Waals surface area contributed by atoms with Gasteiger partial charge in [0.05, 0.1) is 13.2 Å². The summed E-state index contributed by atoms with van der Waals surface area (Å²) in [6.45, 7) is 1.30. The lowest BCUT2D eigenvalue weighted by Crippen LogP contribution is -1.92. The van der Waals surface area contributed by atoms with Crippen molar-refractivity contribution in [1.82, 2.24) is 0 Å². The van der Waals surface area contributed by atoms with Gasteiger partial charge in [-0.1, -0.05) is 40.2 Å². The average Bonchev–Trinajstić information content (AvgIpc) is 2.18. The predicted molar refractivity (Wildman–Crippen MR) is 66.8 cm³/mol. The first-order valence-corrected chi connectivity index (χ1v) is 5.83. The van der Waals surface area contributed by atoms with E-state index >= 15 is 0 Å². The molecule has 3 heteroatoms. The normalized spacial score (nSPS) is 11.0. The van der Waals surface area contributed by atoms with Crippen molar-refractivity contribution in [1.29, 1.82) is 0 Å². The fourth-order valence-electron chi connectivity index (χ4n) is 1.01. The maximum absolute atomic E-state index is 5.44.